The van der Waals surface area contributed by atoms with E-state index in [0.717, 1.165) is 176 Å². The maximum Gasteiger partial charge on any atom is 0.189 e. The van der Waals surface area contributed by atoms with E-state index in [2.05, 4.69) is 452 Å². The molecule has 27 aromatic rings. The predicted octanol–water partition coefficient (Wildman–Crippen LogP) is 34.5. The van der Waals surface area contributed by atoms with Gasteiger partial charge in [0.25, 0.3) is 0 Å². The number of hydrogen-bond donors (Lipinski definition) is 0. The number of aryl methyl sites for hydroxylation is 8. The van der Waals surface area contributed by atoms with Crippen molar-refractivity contribution in [2.24, 2.45) is 0 Å². The highest BCUT2D eigenvalue weighted by Crippen LogP contribution is 2.53. The Labute approximate surface area is 855 Å². The first kappa shape index (κ1) is 89.5. The zero-order valence-electron chi connectivity index (χ0n) is 82.7. The van der Waals surface area contributed by atoms with Crippen LogP contribution in [-0.4, -0.2) is 42.4 Å². The van der Waals surface area contributed by atoms with E-state index < -0.39 is 0 Å². The summed E-state index contributed by atoms with van der Waals surface area (Å²) in [6, 6.07) is 153. The van der Waals surface area contributed by atoms with Crippen molar-refractivity contribution in [1.82, 2.24) is 42.4 Å². The van der Waals surface area contributed by atoms with Gasteiger partial charge >= 0.3 is 0 Å². The second-order valence-electron chi connectivity index (χ2n) is 38.5. The molecule has 0 aliphatic heterocycles. The number of rotatable bonds is 12. The van der Waals surface area contributed by atoms with Crippen LogP contribution in [0.15, 0.2) is 419 Å². The highest BCUT2D eigenvalue weighted by molar-refractivity contribution is 6.32. The van der Waals surface area contributed by atoms with Gasteiger partial charge in [-0.2, -0.15) is 15.8 Å². The Bertz CT molecular complexity index is 10200. The minimum Gasteiger partial charge on any atom is -0.309 e. The summed E-state index contributed by atoms with van der Waals surface area (Å²) in [4.78, 5) is 19.2. The number of para-hydroxylation sites is 12. The summed E-state index contributed by atoms with van der Waals surface area (Å²) < 4.78 is 14.5. The highest BCUT2D eigenvalue weighted by atomic mass is 15.1. The van der Waals surface area contributed by atoms with Gasteiger partial charge in [-0.3, -0.25) is 0 Å². The van der Waals surface area contributed by atoms with Gasteiger partial charge in [0.1, 0.15) is 12.1 Å². The lowest BCUT2D eigenvalue weighted by molar-refractivity contribution is 1.07. The topological polar surface area (TPSA) is 144 Å². The van der Waals surface area contributed by atoms with Gasteiger partial charge < -0.3 is 27.4 Å². The molecule has 0 unspecified atom stereocenters. The molecule has 0 saturated carbocycles. The van der Waals surface area contributed by atoms with E-state index in [9.17, 15) is 15.8 Å². The normalized spacial score (nSPS) is 11.5. The minimum absolute atomic E-state index is 0.376. The molecule has 0 saturated heterocycles. The Morgan fingerprint density at radius 3 is 0.980 bits per heavy atom. The average molecular weight is 1900 g/mol. The van der Waals surface area contributed by atoms with Gasteiger partial charge in [0.2, 0.25) is 0 Å². The van der Waals surface area contributed by atoms with Crippen LogP contribution in [0.3, 0.4) is 0 Å². The third kappa shape index (κ3) is 14.5. The van der Waals surface area contributed by atoms with E-state index >= 15 is 0 Å². The van der Waals surface area contributed by atoms with Crippen LogP contribution in [-0.2, 0) is 0 Å². The van der Waals surface area contributed by atoms with Crippen LogP contribution in [0.5, 0.6) is 0 Å². The fraction of sp³-hybridized carbons (Fsp3) is 0.0593. The van der Waals surface area contributed by atoms with Crippen LogP contribution in [0.1, 0.15) is 61.2 Å². The van der Waals surface area contributed by atoms with Crippen molar-refractivity contribution in [3.05, 3.63) is 491 Å². The molecule has 0 fully saturated rings. The van der Waals surface area contributed by atoms with Gasteiger partial charge in [-0.1, -0.05) is 297 Å². The first-order valence-electron chi connectivity index (χ1n) is 49.8. The average Bonchev–Trinajstić information content (AvgIpc) is 1.53. The van der Waals surface area contributed by atoms with Crippen molar-refractivity contribution in [3.8, 4) is 120 Å². The molecule has 7 heterocycles. The molecule has 0 bridgehead atoms. The molecule has 0 radical (unpaired) electrons. The van der Waals surface area contributed by atoms with Crippen molar-refractivity contribution >= 4 is 137 Å². The molecule has 20 aromatic carbocycles. The molecule has 7 aromatic heterocycles. The second kappa shape index (κ2) is 36.3. The number of fused-ring (bicyclic) bond motifs is 20. The Balaban J connectivity index is 0.000000116. The van der Waals surface area contributed by atoms with Crippen LogP contribution in [0.25, 0.3) is 237 Å². The van der Waals surface area contributed by atoms with E-state index in [1.807, 2.05) is 60.7 Å². The molecular formula is C135H93N13. The van der Waals surface area contributed by atoms with E-state index in [0.29, 0.717) is 39.9 Å². The molecule has 698 valence electrons. The summed E-state index contributed by atoms with van der Waals surface area (Å²) in [6.45, 7) is 25.3. The minimum atomic E-state index is 0.376. The van der Waals surface area contributed by atoms with E-state index in [4.69, 9.17) is 21.5 Å². The van der Waals surface area contributed by atoms with Gasteiger partial charge in [-0.05, 0) is 243 Å². The highest BCUT2D eigenvalue weighted by Gasteiger charge is 2.32. The molecular weight excluding hydrogens is 1800 g/mol. The molecule has 0 aliphatic rings. The Hall–Kier alpha value is -19.8. The maximum atomic E-state index is 10.0. The molecule has 27 rings (SSSR count). The fourth-order valence-corrected chi connectivity index (χ4v) is 23.3. The van der Waals surface area contributed by atoms with E-state index in [-0.39, 0.29) is 0 Å². The van der Waals surface area contributed by atoms with Crippen molar-refractivity contribution < 1.29 is 0 Å². The molecule has 0 N–H and O–H groups in total. The molecule has 0 aliphatic carbocycles. The zero-order chi connectivity index (χ0) is 100. The van der Waals surface area contributed by atoms with Gasteiger partial charge in [0.15, 0.2) is 23.2 Å². The molecule has 13 nitrogen and oxygen atoms in total. The summed E-state index contributed by atoms with van der Waals surface area (Å²) in [5.41, 5.74) is 40.5. The Morgan fingerprint density at radius 1 is 0.216 bits per heavy atom. The number of hydrogen-bond acceptors (Lipinski definition) is 6. The fourth-order valence-electron chi connectivity index (χ4n) is 23.3. The molecule has 0 atom stereocenters. The SMILES string of the molecule is Cc1cccc(C)c1-n1c2ccccc2c2c1c(-c1ccc(C#N)c(C#N)c1)cc1c3ccccc3n(-c3c(C)cccc3C)c12.[C-]#[N+]c1cc(C#N)cc(-c2cc3c4ccccc4n(-c4c(C)cccc4C)c3c3c4ccccc4n(-c4c(C)cccc4C)c23)c1.c1ccc(-c2nc(-c3ccccc3)nc(-c3ccc(-c4ccc5c(c4)c4ccccc4n5-c4ccccc4)c4c5ccccc5n(-c5ccccc5)c34)n2)cc1. The van der Waals surface area contributed by atoms with Crippen molar-refractivity contribution in [2.45, 2.75) is 55.4 Å². The summed E-state index contributed by atoms with van der Waals surface area (Å²) >= 11 is 0. The molecule has 0 spiro atoms. The number of nitriles is 3. The number of benzene rings is 20. The number of aromatic nitrogens is 9. The smallest absolute Gasteiger partial charge is 0.189 e. The lowest BCUT2D eigenvalue weighted by Crippen LogP contribution is -2.02. The van der Waals surface area contributed by atoms with Crippen LogP contribution >= 0.6 is 0 Å². The van der Waals surface area contributed by atoms with Gasteiger partial charge in [-0.15, -0.1) is 0 Å². The molecule has 148 heavy (non-hydrogen) atoms. The van der Waals surface area contributed by atoms with Gasteiger partial charge in [0.05, 0.1) is 113 Å². The van der Waals surface area contributed by atoms with E-state index in [1.165, 1.54) is 83.1 Å². The van der Waals surface area contributed by atoms with Gasteiger partial charge in [-0.25, -0.2) is 19.8 Å². The van der Waals surface area contributed by atoms with Gasteiger partial charge in [0, 0.05) is 109 Å². The summed E-state index contributed by atoms with van der Waals surface area (Å²) in [5, 5.41) is 43.8. The third-order valence-corrected chi connectivity index (χ3v) is 29.6. The van der Waals surface area contributed by atoms with E-state index in [1.54, 1.807) is 12.1 Å². The summed E-state index contributed by atoms with van der Waals surface area (Å²) in [7, 11) is 0. The maximum absolute atomic E-state index is 10.0. The predicted molar refractivity (Wildman–Crippen MR) is 610 cm³/mol. The van der Waals surface area contributed by atoms with Crippen molar-refractivity contribution in [3.63, 3.8) is 0 Å². The molecule has 0 amide bonds. The second-order valence-corrected chi connectivity index (χ2v) is 38.5. The first-order chi connectivity index (χ1) is 72.6. The standard InChI is InChI=1S/C51H33N5.2C42H30N4/c1-5-17-34(18-6-1)49-52-50(35-19-7-2-8-20-35)54-51(53-49)42-31-30-39(47-41-26-14-16-28-45(41)56(48(42)47)38-23-11-4-12-24-38)36-29-32-46-43(33-36)40-25-13-15-27-44(40)55(46)37-21-9-3-10-22-37;1-25-12-10-13-26(2)39(25)45-36-18-8-6-16-32(36)35-23-34(30-20-29(24-43)21-31(22-30)44-5)41-38(42(35)45)33-17-7-9-19-37(33)46(41)40-27(3)14-11-15-28(40)4;1-25-11-9-12-26(2)39(25)45-36-17-7-5-15-32(36)35-22-34(29-19-20-30(23-43)31(21-29)24-44)41-38(42(35)45)33-16-6-8-18-37(33)46(41)40-27(3)13-10-14-28(40)4/h1-33H;6-23H,1-4H3;5-22H,1-4H3. The summed E-state index contributed by atoms with van der Waals surface area (Å²) in [6.07, 6.45) is 0. The van der Waals surface area contributed by atoms with Crippen molar-refractivity contribution in [2.75, 3.05) is 0 Å². The zero-order valence-corrected chi connectivity index (χ0v) is 82.7. The lowest BCUT2D eigenvalue weighted by Gasteiger charge is -2.18. The largest absolute Gasteiger partial charge is 0.309 e. The van der Waals surface area contributed by atoms with Crippen molar-refractivity contribution in [1.29, 1.82) is 15.8 Å². The van der Waals surface area contributed by atoms with Crippen LogP contribution < -0.4 is 0 Å². The first-order valence-corrected chi connectivity index (χ1v) is 49.8. The summed E-state index contributed by atoms with van der Waals surface area (Å²) in [5.74, 6) is 1.89. The Morgan fingerprint density at radius 2 is 0.547 bits per heavy atom. The van der Waals surface area contributed by atoms with Crippen LogP contribution in [0.2, 0.25) is 0 Å². The van der Waals surface area contributed by atoms with Crippen LogP contribution in [0.4, 0.5) is 5.69 Å². The van der Waals surface area contributed by atoms with Crippen LogP contribution in [0, 0.1) is 96.0 Å². The lowest BCUT2D eigenvalue weighted by atomic mass is 9.95. The molecule has 13 heteroatoms. The monoisotopic (exact) mass is 1900 g/mol. The third-order valence-electron chi connectivity index (χ3n) is 29.6. The Kier molecular flexibility index (Phi) is 22.0. The quantitative estimate of drug-likeness (QED) is 0.111. The number of nitrogens with zero attached hydrogens (tertiary/aromatic N) is 13.